The van der Waals surface area contributed by atoms with Gasteiger partial charge in [-0.15, -0.1) is 0 Å². The lowest BCUT2D eigenvalue weighted by atomic mass is 9.98. The first-order valence-corrected chi connectivity index (χ1v) is 10.5. The van der Waals surface area contributed by atoms with Gasteiger partial charge in [0.1, 0.15) is 23.0 Å². The third kappa shape index (κ3) is 3.52. The number of halogens is 1. The Balaban J connectivity index is 1.73. The van der Waals surface area contributed by atoms with Gasteiger partial charge < -0.3 is 30.7 Å². The van der Waals surface area contributed by atoms with Crippen molar-refractivity contribution in [3.05, 3.63) is 46.6 Å². The number of hydrogen-bond donors (Lipinski definition) is 4. The number of fused-ring (bicyclic) bond motifs is 3. The molecule has 4 heterocycles. The normalized spacial score (nSPS) is 18.9. The van der Waals surface area contributed by atoms with E-state index in [-0.39, 0.29) is 29.5 Å². The summed E-state index contributed by atoms with van der Waals surface area (Å²) < 4.78 is 20.2. The summed E-state index contributed by atoms with van der Waals surface area (Å²) in [6.45, 7) is 2.80. The summed E-state index contributed by atoms with van der Waals surface area (Å²) in [4.78, 5) is 28.9. The second-order valence-corrected chi connectivity index (χ2v) is 8.12. The lowest BCUT2D eigenvalue weighted by Crippen LogP contribution is -2.46. The van der Waals surface area contributed by atoms with Crippen LogP contribution in [0.15, 0.2) is 35.3 Å². The Labute approximate surface area is 182 Å². The Morgan fingerprint density at radius 3 is 2.91 bits per heavy atom. The summed E-state index contributed by atoms with van der Waals surface area (Å²) in [5.41, 5.74) is 7.76. The fourth-order valence-electron chi connectivity index (χ4n) is 4.39. The molecule has 0 amide bonds. The number of aromatic nitrogens is 4. The molecule has 1 aliphatic rings. The van der Waals surface area contributed by atoms with Crippen molar-refractivity contribution >= 4 is 33.4 Å². The fourth-order valence-corrected chi connectivity index (χ4v) is 4.39. The van der Waals surface area contributed by atoms with E-state index in [1.165, 1.54) is 24.4 Å². The molecule has 3 aromatic heterocycles. The summed E-state index contributed by atoms with van der Waals surface area (Å²) in [6, 6.07) is 6.22. The summed E-state index contributed by atoms with van der Waals surface area (Å²) in [6.07, 6.45) is 3.13. The van der Waals surface area contributed by atoms with Crippen molar-refractivity contribution in [2.24, 2.45) is 5.73 Å². The zero-order valence-electron chi connectivity index (χ0n) is 17.8. The summed E-state index contributed by atoms with van der Waals surface area (Å²) in [5, 5.41) is 4.43. The second kappa shape index (κ2) is 7.79. The Morgan fingerprint density at radius 1 is 1.31 bits per heavy atom. The van der Waals surface area contributed by atoms with Crippen LogP contribution in [0.3, 0.4) is 0 Å². The molecule has 1 saturated heterocycles. The number of piperidine rings is 1. The smallest absolute Gasteiger partial charge is 0.325 e. The Morgan fingerprint density at radius 2 is 2.16 bits per heavy atom. The monoisotopic (exact) mass is 437 g/mol. The molecule has 5 N–H and O–H groups in total. The fraction of sp³-hybridized carbons (Fsp3) is 0.318. The molecule has 4 aromatic rings. The van der Waals surface area contributed by atoms with Crippen LogP contribution in [-0.2, 0) is 0 Å². The first kappa shape index (κ1) is 20.3. The van der Waals surface area contributed by atoms with E-state index in [9.17, 15) is 9.18 Å². The highest BCUT2D eigenvalue weighted by molar-refractivity contribution is 6.14. The zero-order valence-corrected chi connectivity index (χ0v) is 17.8. The predicted octanol–water partition coefficient (Wildman–Crippen LogP) is 3.09. The minimum Gasteiger partial charge on any atom is -0.424 e. The number of aromatic amines is 2. The maximum atomic E-state index is 14.4. The van der Waals surface area contributed by atoms with Crippen molar-refractivity contribution in [3.8, 4) is 11.8 Å². The van der Waals surface area contributed by atoms with Gasteiger partial charge in [0.05, 0.1) is 16.6 Å². The number of nitrogens with one attached hydrogen (secondary N) is 3. The molecule has 0 saturated carbocycles. The predicted molar refractivity (Wildman–Crippen MR) is 122 cm³/mol. The molecule has 1 aromatic carbocycles. The molecular weight excluding hydrogens is 413 g/mol. The van der Waals surface area contributed by atoms with E-state index in [0.717, 1.165) is 23.7 Å². The van der Waals surface area contributed by atoms with Crippen LogP contribution in [0, 0.1) is 5.82 Å². The Hall–Kier alpha value is -3.66. The standard InChI is InChI=1S/C22H24FN7O2/c1-11-7-13(24)4-6-30(11)21-18-15-8-12(23)9-16(25-2)19(15)27-20(18)28-22(29-21)32-14-3-5-26-17(31)10-14/h3,5,8-11,13,25H,4,6-7,24H2,1-2H3,(H,26,31)(H,27,28,29)/t11-,13?/m1/s1. The Kier molecular flexibility index (Phi) is 4.93. The number of anilines is 2. The van der Waals surface area contributed by atoms with Crippen LogP contribution in [0.1, 0.15) is 19.8 Å². The number of hydrogen-bond acceptors (Lipinski definition) is 7. The van der Waals surface area contributed by atoms with Gasteiger partial charge in [0.2, 0.25) is 0 Å². The summed E-state index contributed by atoms with van der Waals surface area (Å²) in [7, 11) is 1.74. The van der Waals surface area contributed by atoms with Crippen molar-refractivity contribution in [1.29, 1.82) is 0 Å². The highest BCUT2D eigenvalue weighted by Gasteiger charge is 2.28. The van der Waals surface area contributed by atoms with Crippen molar-refractivity contribution in [2.75, 3.05) is 23.8 Å². The lowest BCUT2D eigenvalue weighted by Gasteiger charge is -2.37. The van der Waals surface area contributed by atoms with Crippen molar-refractivity contribution < 1.29 is 9.13 Å². The maximum Gasteiger partial charge on any atom is 0.325 e. The van der Waals surface area contributed by atoms with E-state index < -0.39 is 0 Å². The molecule has 9 nitrogen and oxygen atoms in total. The van der Waals surface area contributed by atoms with Gasteiger partial charge in [-0.1, -0.05) is 0 Å². The minimum atomic E-state index is -0.355. The van der Waals surface area contributed by atoms with Gasteiger partial charge in [-0.25, -0.2) is 4.39 Å². The summed E-state index contributed by atoms with van der Waals surface area (Å²) in [5.74, 6) is 0.616. The quantitative estimate of drug-likeness (QED) is 0.387. The van der Waals surface area contributed by atoms with E-state index >= 15 is 0 Å². The molecule has 10 heteroatoms. The summed E-state index contributed by atoms with van der Waals surface area (Å²) >= 11 is 0. The molecule has 0 radical (unpaired) electrons. The molecule has 1 aliphatic heterocycles. The molecule has 1 fully saturated rings. The SMILES string of the molecule is CNc1cc(F)cc2c1[nH]c1nc(Oc3cc[nH]c(=O)c3)nc(N3CCC(N)C[C@H]3C)c12. The van der Waals surface area contributed by atoms with Crippen LogP contribution >= 0.6 is 0 Å². The van der Waals surface area contributed by atoms with Gasteiger partial charge >= 0.3 is 6.01 Å². The van der Waals surface area contributed by atoms with Crippen LogP contribution in [-0.4, -0.2) is 45.6 Å². The van der Waals surface area contributed by atoms with E-state index in [1.54, 1.807) is 13.1 Å². The average Bonchev–Trinajstić information content (AvgIpc) is 3.11. The van der Waals surface area contributed by atoms with Crippen LogP contribution in [0.2, 0.25) is 0 Å². The van der Waals surface area contributed by atoms with E-state index in [2.05, 4.69) is 32.1 Å². The number of benzene rings is 1. The Bertz CT molecular complexity index is 1370. The highest BCUT2D eigenvalue weighted by atomic mass is 19.1. The van der Waals surface area contributed by atoms with Gasteiger partial charge in [-0.05, 0) is 38.0 Å². The molecule has 1 unspecified atom stereocenters. The minimum absolute atomic E-state index is 0.0956. The zero-order chi connectivity index (χ0) is 22.4. The molecule has 32 heavy (non-hydrogen) atoms. The van der Waals surface area contributed by atoms with Gasteiger partial charge in [0, 0.05) is 43.3 Å². The van der Waals surface area contributed by atoms with Gasteiger partial charge in [0.15, 0.2) is 0 Å². The van der Waals surface area contributed by atoms with Crippen molar-refractivity contribution in [1.82, 2.24) is 19.9 Å². The van der Waals surface area contributed by atoms with E-state index in [4.69, 9.17) is 15.5 Å². The third-order valence-corrected chi connectivity index (χ3v) is 5.90. The topological polar surface area (TPSA) is 125 Å². The molecule has 166 valence electrons. The van der Waals surface area contributed by atoms with Crippen molar-refractivity contribution in [3.63, 3.8) is 0 Å². The van der Waals surface area contributed by atoms with Crippen LogP contribution < -0.4 is 26.2 Å². The molecule has 2 atom stereocenters. The third-order valence-electron chi connectivity index (χ3n) is 5.90. The van der Waals surface area contributed by atoms with Gasteiger partial charge in [0.25, 0.3) is 5.56 Å². The molecule has 0 spiro atoms. The number of nitrogens with zero attached hydrogens (tertiary/aromatic N) is 3. The number of ether oxygens (including phenoxy) is 1. The highest BCUT2D eigenvalue weighted by Crippen LogP contribution is 2.38. The number of pyridine rings is 1. The first-order chi connectivity index (χ1) is 15.4. The first-order valence-electron chi connectivity index (χ1n) is 10.5. The largest absolute Gasteiger partial charge is 0.424 e. The molecule has 0 bridgehead atoms. The second-order valence-electron chi connectivity index (χ2n) is 8.12. The van der Waals surface area contributed by atoms with E-state index in [0.29, 0.717) is 34.8 Å². The van der Waals surface area contributed by atoms with Crippen LogP contribution in [0.25, 0.3) is 21.9 Å². The van der Waals surface area contributed by atoms with Gasteiger partial charge in [-0.3, -0.25) is 4.79 Å². The number of rotatable bonds is 4. The van der Waals surface area contributed by atoms with Gasteiger partial charge in [-0.2, -0.15) is 9.97 Å². The van der Waals surface area contributed by atoms with E-state index in [1.807, 2.05) is 0 Å². The lowest BCUT2D eigenvalue weighted by molar-refractivity contribution is 0.419. The number of H-pyrrole nitrogens is 2. The van der Waals surface area contributed by atoms with Crippen molar-refractivity contribution in [2.45, 2.75) is 31.8 Å². The van der Waals surface area contributed by atoms with Crippen LogP contribution in [0.4, 0.5) is 15.9 Å². The number of nitrogens with two attached hydrogens (primary N) is 1. The van der Waals surface area contributed by atoms with Crippen LogP contribution in [0.5, 0.6) is 11.8 Å². The molecule has 0 aliphatic carbocycles. The molecule has 5 rings (SSSR count). The molecular formula is C22H24FN7O2. The maximum absolute atomic E-state index is 14.4. The average molecular weight is 437 g/mol.